The zero-order chi connectivity index (χ0) is 14.4. The molecule has 0 fully saturated rings. The largest absolute Gasteiger partial charge is 0.337 e. The molecule has 2 heterocycles. The Morgan fingerprint density at radius 2 is 2.05 bits per heavy atom. The molecule has 0 aromatic carbocycles. The summed E-state index contributed by atoms with van der Waals surface area (Å²) in [5.41, 5.74) is -1.76. The lowest BCUT2D eigenvalue weighted by Crippen LogP contribution is -2.45. The summed E-state index contributed by atoms with van der Waals surface area (Å²) in [6.07, 6.45) is 1.95. The molecule has 0 aliphatic rings. The average molecular weight is 264 g/mol. The van der Waals surface area contributed by atoms with E-state index in [0.717, 1.165) is 0 Å². The van der Waals surface area contributed by atoms with Gasteiger partial charge < -0.3 is 4.57 Å². The van der Waals surface area contributed by atoms with Crippen LogP contribution < -0.4 is 11.2 Å². The SMILES string of the molecule is CCC(C)(C)C(=O)n1c(=O)[nH]c2ncn(C)c2c1=O. The van der Waals surface area contributed by atoms with Crippen LogP contribution in [0, 0.1) is 5.41 Å². The van der Waals surface area contributed by atoms with E-state index >= 15 is 0 Å². The number of rotatable bonds is 2. The molecule has 0 amide bonds. The third-order valence-electron chi connectivity index (χ3n) is 3.44. The Bertz CT molecular complexity index is 763. The normalized spacial score (nSPS) is 12.0. The molecule has 0 saturated heterocycles. The summed E-state index contributed by atoms with van der Waals surface area (Å²) in [5.74, 6) is -0.510. The zero-order valence-corrected chi connectivity index (χ0v) is 11.4. The Balaban J connectivity index is 2.82. The zero-order valence-electron chi connectivity index (χ0n) is 11.4. The molecule has 2 aromatic rings. The van der Waals surface area contributed by atoms with Crippen LogP contribution in [-0.4, -0.2) is 25.0 Å². The maximum absolute atomic E-state index is 12.3. The predicted molar refractivity (Wildman–Crippen MR) is 70.3 cm³/mol. The number of carbonyl (C=O) groups excluding carboxylic acids is 1. The summed E-state index contributed by atoms with van der Waals surface area (Å²) in [6.45, 7) is 5.24. The Hall–Kier alpha value is -2.18. The number of nitrogens with one attached hydrogen (secondary N) is 1. The van der Waals surface area contributed by atoms with Crippen molar-refractivity contribution in [3.63, 3.8) is 0 Å². The fourth-order valence-electron chi connectivity index (χ4n) is 1.77. The number of fused-ring (bicyclic) bond motifs is 1. The number of aryl methyl sites for hydroxylation is 1. The van der Waals surface area contributed by atoms with Crippen molar-refractivity contribution in [3.05, 3.63) is 27.2 Å². The van der Waals surface area contributed by atoms with Crippen molar-refractivity contribution in [2.75, 3.05) is 0 Å². The van der Waals surface area contributed by atoms with Crippen molar-refractivity contribution < 1.29 is 4.79 Å². The van der Waals surface area contributed by atoms with Crippen LogP contribution in [0.5, 0.6) is 0 Å². The molecule has 0 spiro atoms. The third kappa shape index (κ3) is 1.91. The molecule has 2 aromatic heterocycles. The number of hydrogen-bond acceptors (Lipinski definition) is 4. The van der Waals surface area contributed by atoms with E-state index in [2.05, 4.69) is 9.97 Å². The van der Waals surface area contributed by atoms with Gasteiger partial charge in [0.15, 0.2) is 11.2 Å². The molecule has 0 saturated carbocycles. The van der Waals surface area contributed by atoms with E-state index in [4.69, 9.17) is 0 Å². The first kappa shape index (κ1) is 13.3. The van der Waals surface area contributed by atoms with E-state index in [0.29, 0.717) is 11.0 Å². The Morgan fingerprint density at radius 1 is 1.42 bits per heavy atom. The van der Waals surface area contributed by atoms with Gasteiger partial charge in [0.25, 0.3) is 5.56 Å². The fraction of sp³-hybridized carbons (Fsp3) is 0.500. The van der Waals surface area contributed by atoms with Crippen molar-refractivity contribution in [2.24, 2.45) is 12.5 Å². The van der Waals surface area contributed by atoms with Gasteiger partial charge in [0.05, 0.1) is 6.33 Å². The second-order valence-electron chi connectivity index (χ2n) is 5.17. The van der Waals surface area contributed by atoms with Crippen molar-refractivity contribution in [1.29, 1.82) is 0 Å². The van der Waals surface area contributed by atoms with Crippen LogP contribution in [0.25, 0.3) is 11.2 Å². The highest BCUT2D eigenvalue weighted by Crippen LogP contribution is 2.20. The molecule has 0 radical (unpaired) electrons. The van der Waals surface area contributed by atoms with E-state index in [-0.39, 0.29) is 11.2 Å². The first-order valence-corrected chi connectivity index (χ1v) is 6.00. The van der Waals surface area contributed by atoms with Gasteiger partial charge >= 0.3 is 5.69 Å². The minimum absolute atomic E-state index is 0.191. The summed E-state index contributed by atoms with van der Waals surface area (Å²) in [6, 6.07) is 0. The van der Waals surface area contributed by atoms with Crippen LogP contribution in [-0.2, 0) is 7.05 Å². The smallest absolute Gasteiger partial charge is 0.328 e. The lowest BCUT2D eigenvalue weighted by atomic mass is 9.89. The molecule has 102 valence electrons. The van der Waals surface area contributed by atoms with Crippen LogP contribution >= 0.6 is 0 Å². The van der Waals surface area contributed by atoms with Crippen molar-refractivity contribution in [1.82, 2.24) is 19.1 Å². The van der Waals surface area contributed by atoms with E-state index in [1.165, 1.54) is 10.9 Å². The molecular formula is C12H16N4O3. The summed E-state index contributed by atoms with van der Waals surface area (Å²) in [7, 11) is 1.63. The number of hydrogen-bond donors (Lipinski definition) is 1. The van der Waals surface area contributed by atoms with Gasteiger partial charge in [0, 0.05) is 12.5 Å². The molecule has 0 atom stereocenters. The first-order valence-electron chi connectivity index (χ1n) is 6.00. The maximum Gasteiger partial charge on any atom is 0.337 e. The monoisotopic (exact) mass is 264 g/mol. The highest BCUT2D eigenvalue weighted by Gasteiger charge is 2.30. The van der Waals surface area contributed by atoms with Crippen LogP contribution in [0.1, 0.15) is 32.0 Å². The number of carbonyl (C=O) groups is 1. The molecule has 7 heteroatoms. The Labute approximate surface area is 108 Å². The van der Waals surface area contributed by atoms with Gasteiger partial charge in [-0.3, -0.25) is 14.6 Å². The summed E-state index contributed by atoms with van der Waals surface area (Å²) < 4.78 is 2.14. The molecule has 19 heavy (non-hydrogen) atoms. The van der Waals surface area contributed by atoms with Gasteiger partial charge in [-0.05, 0) is 6.42 Å². The summed E-state index contributed by atoms with van der Waals surface area (Å²) >= 11 is 0. The average Bonchev–Trinajstić information content (AvgIpc) is 2.70. The number of aromatic amines is 1. The third-order valence-corrected chi connectivity index (χ3v) is 3.44. The molecule has 1 N–H and O–H groups in total. The van der Waals surface area contributed by atoms with Gasteiger partial charge in [0.1, 0.15) is 0 Å². The number of imidazole rings is 1. The van der Waals surface area contributed by atoms with Crippen LogP contribution in [0.4, 0.5) is 0 Å². The predicted octanol–water partition coefficient (Wildman–Crippen LogP) is 0.500. The van der Waals surface area contributed by atoms with Crippen LogP contribution in [0.15, 0.2) is 15.9 Å². The van der Waals surface area contributed by atoms with E-state index in [9.17, 15) is 14.4 Å². The summed E-state index contributed by atoms with van der Waals surface area (Å²) in [4.78, 5) is 42.9. The molecule has 0 unspecified atom stereocenters. The maximum atomic E-state index is 12.3. The highest BCUT2D eigenvalue weighted by atomic mass is 16.2. The van der Waals surface area contributed by atoms with E-state index in [1.807, 2.05) is 6.92 Å². The second kappa shape index (κ2) is 4.18. The number of aromatic nitrogens is 4. The minimum atomic E-state index is -0.775. The lowest BCUT2D eigenvalue weighted by molar-refractivity contribution is 0.0729. The molecule has 0 aliphatic carbocycles. The van der Waals surface area contributed by atoms with Gasteiger partial charge in [-0.2, -0.15) is 4.57 Å². The Morgan fingerprint density at radius 3 is 2.63 bits per heavy atom. The Kier molecular flexibility index (Phi) is 2.92. The van der Waals surface area contributed by atoms with E-state index < -0.39 is 22.6 Å². The van der Waals surface area contributed by atoms with E-state index in [1.54, 1.807) is 20.9 Å². The van der Waals surface area contributed by atoms with Crippen molar-refractivity contribution in [2.45, 2.75) is 27.2 Å². The second-order valence-corrected chi connectivity index (χ2v) is 5.17. The van der Waals surface area contributed by atoms with Gasteiger partial charge in [-0.15, -0.1) is 0 Å². The fourth-order valence-corrected chi connectivity index (χ4v) is 1.77. The highest BCUT2D eigenvalue weighted by molar-refractivity contribution is 5.85. The van der Waals surface area contributed by atoms with Gasteiger partial charge in [-0.25, -0.2) is 9.78 Å². The van der Waals surface area contributed by atoms with Crippen LogP contribution in [0.3, 0.4) is 0 Å². The minimum Gasteiger partial charge on any atom is -0.328 e. The van der Waals surface area contributed by atoms with Crippen molar-refractivity contribution in [3.8, 4) is 0 Å². The van der Waals surface area contributed by atoms with Crippen LogP contribution in [0.2, 0.25) is 0 Å². The molecule has 2 rings (SSSR count). The topological polar surface area (TPSA) is 89.8 Å². The first-order chi connectivity index (χ1) is 8.79. The summed E-state index contributed by atoms with van der Waals surface area (Å²) in [5, 5.41) is 0. The standard InChI is InChI=1S/C12H16N4O3/c1-5-12(2,3)10(18)16-9(17)7-8(14-11(16)19)13-6-15(7)4/h6H,5H2,1-4H3,(H,14,19). The molecule has 7 nitrogen and oxygen atoms in total. The van der Waals surface area contributed by atoms with Gasteiger partial charge in [-0.1, -0.05) is 20.8 Å². The molecular weight excluding hydrogens is 248 g/mol. The van der Waals surface area contributed by atoms with Gasteiger partial charge in [0.2, 0.25) is 5.91 Å². The molecule has 0 bridgehead atoms. The number of nitrogens with zero attached hydrogens (tertiary/aromatic N) is 3. The molecule has 0 aliphatic heterocycles. The lowest BCUT2D eigenvalue weighted by Gasteiger charge is -2.20. The van der Waals surface area contributed by atoms with Crippen molar-refractivity contribution >= 4 is 17.1 Å². The number of H-pyrrole nitrogens is 1. The quantitative estimate of drug-likeness (QED) is 0.855.